The van der Waals surface area contributed by atoms with Crippen molar-refractivity contribution in [1.29, 1.82) is 0 Å². The van der Waals surface area contributed by atoms with Gasteiger partial charge in [-0.25, -0.2) is 0 Å². The minimum absolute atomic E-state index is 0. The first-order valence-corrected chi connectivity index (χ1v) is 2.51. The Bertz CT molecular complexity index is 27.2. The van der Waals surface area contributed by atoms with Gasteiger partial charge in [-0.2, -0.15) is 0 Å². The van der Waals surface area contributed by atoms with Gasteiger partial charge in [0, 0.05) is 0 Å². The summed E-state index contributed by atoms with van der Waals surface area (Å²) in [6.45, 7) is 0. The Labute approximate surface area is 83.8 Å². The Balaban J connectivity index is -0.0000000800. The van der Waals surface area contributed by atoms with Crippen molar-refractivity contribution in [3.63, 3.8) is 0 Å². The molecule has 0 heterocycles. The fourth-order valence-electron chi connectivity index (χ4n) is 0. The third kappa shape index (κ3) is 75.6. The Morgan fingerprint density at radius 1 is 1.14 bits per heavy atom. The van der Waals surface area contributed by atoms with Crippen molar-refractivity contribution >= 4 is 46.8 Å². The Morgan fingerprint density at radius 2 is 1.14 bits per heavy atom. The van der Waals surface area contributed by atoms with E-state index in [4.69, 9.17) is 19.2 Å². The maximum atomic E-state index is 8.69. The molecule has 0 atom stereocenters. The van der Waals surface area contributed by atoms with Gasteiger partial charge >= 0.3 is 56.6 Å². The minimum atomic E-state index is -5.36. The van der Waals surface area contributed by atoms with Crippen LogP contribution in [-0.4, -0.2) is 51.6 Å². The van der Waals surface area contributed by atoms with Crippen molar-refractivity contribution in [3.05, 3.63) is 0 Å². The van der Waals surface area contributed by atoms with Crippen molar-refractivity contribution in [2.45, 2.75) is 0 Å². The van der Waals surface area contributed by atoms with Crippen LogP contribution in [0.3, 0.4) is 0 Å². The van der Waals surface area contributed by atoms with Crippen LogP contribution in [0.1, 0.15) is 0 Å². The molecule has 0 unspecified atom stereocenters. The van der Waals surface area contributed by atoms with Crippen molar-refractivity contribution in [3.8, 4) is 0 Å². The molecule has 0 fully saturated rings. The van der Waals surface area contributed by atoms with Gasteiger partial charge in [0.1, 0.15) is 0 Å². The molecule has 0 saturated carbocycles. The van der Waals surface area contributed by atoms with E-state index in [0.717, 1.165) is 0 Å². The van der Waals surface area contributed by atoms with Gasteiger partial charge in [0.15, 0.2) is 0 Å². The van der Waals surface area contributed by atoms with Gasteiger partial charge in [-0.3, -0.25) is 0 Å². The first-order chi connectivity index (χ1) is 2.00. The average molecular weight is 140 g/mol. The molecule has 0 aromatic rings. The van der Waals surface area contributed by atoms with Crippen LogP contribution in [0.5, 0.6) is 0 Å². The zero-order valence-electron chi connectivity index (χ0n) is 3.88. The van der Waals surface area contributed by atoms with Crippen molar-refractivity contribution in [1.82, 2.24) is 0 Å². The van der Waals surface area contributed by atoms with E-state index >= 15 is 0 Å². The van der Waals surface area contributed by atoms with Crippen LogP contribution >= 0.6 is 0 Å². The fourth-order valence-corrected chi connectivity index (χ4v) is 0. The third-order valence-electron chi connectivity index (χ3n) is 0. The summed E-state index contributed by atoms with van der Waals surface area (Å²) < 4.78 is 0. The third-order valence-corrected chi connectivity index (χ3v) is 0. The van der Waals surface area contributed by atoms with Gasteiger partial charge in [-0.05, 0) is 0 Å². The van der Waals surface area contributed by atoms with Crippen LogP contribution in [0.2, 0.25) is 0 Å². The SMILES string of the molecule is [Ca+2].[Li+].[O-][Si]([O-])([O-])O. The molecule has 0 aliphatic rings. The number of hydrogen-bond donors (Lipinski definition) is 1. The fraction of sp³-hybridized carbons (Fsp3) is 0. The van der Waals surface area contributed by atoms with E-state index in [1.165, 1.54) is 0 Å². The average Bonchev–Trinajstić information content (AvgIpc) is 0.722. The van der Waals surface area contributed by atoms with Crippen LogP contribution in [-0.2, 0) is 0 Å². The smallest absolute Gasteiger partial charge is 0.861 e. The molecule has 0 aromatic carbocycles. The molecule has 1 N–H and O–H groups in total. The minimum Gasteiger partial charge on any atom is -0.861 e. The zero-order valence-corrected chi connectivity index (χ0v) is 7.09. The van der Waals surface area contributed by atoms with E-state index in [9.17, 15) is 0 Å². The van der Waals surface area contributed by atoms with E-state index in [1.54, 1.807) is 0 Å². The molecule has 0 aromatic heterocycles. The molecular formula is HCaLiO4Si. The first-order valence-electron chi connectivity index (χ1n) is 0.836. The normalized spacial score (nSPS) is 8.57. The van der Waals surface area contributed by atoms with Crippen molar-refractivity contribution in [2.75, 3.05) is 0 Å². The topological polar surface area (TPSA) is 89.4 Å². The van der Waals surface area contributed by atoms with E-state index in [-0.39, 0.29) is 56.6 Å². The van der Waals surface area contributed by atoms with Crippen molar-refractivity contribution in [2.24, 2.45) is 0 Å². The van der Waals surface area contributed by atoms with Crippen LogP contribution in [0, 0.1) is 0 Å². The summed E-state index contributed by atoms with van der Waals surface area (Å²) in [6, 6.07) is 0. The first kappa shape index (κ1) is 16.0. The molecule has 0 radical (unpaired) electrons. The zero-order chi connectivity index (χ0) is 4.50. The molecule has 0 saturated heterocycles. The van der Waals surface area contributed by atoms with Gasteiger partial charge in [0.25, 0.3) is 0 Å². The Hall–Kier alpha value is 1.91. The standard InChI is InChI=1S/Ca.Li.HO4Si/c;;1-5(2,3)4/h;;1H/q+2;+1;-3. The van der Waals surface area contributed by atoms with E-state index < -0.39 is 9.05 Å². The maximum absolute atomic E-state index is 8.69. The van der Waals surface area contributed by atoms with E-state index in [0.29, 0.717) is 0 Å². The van der Waals surface area contributed by atoms with Gasteiger partial charge in [-0.1, -0.05) is 0 Å². The van der Waals surface area contributed by atoms with Gasteiger partial charge in [0.05, 0.1) is 0 Å². The molecule has 0 spiro atoms. The maximum Gasteiger partial charge on any atom is 2.00 e. The summed E-state index contributed by atoms with van der Waals surface area (Å²) in [7, 11) is -5.36. The van der Waals surface area contributed by atoms with Crippen molar-refractivity contribution < 1.29 is 38.0 Å². The summed E-state index contributed by atoms with van der Waals surface area (Å²) in [6.07, 6.45) is 0. The van der Waals surface area contributed by atoms with E-state index in [2.05, 4.69) is 0 Å². The second-order valence-corrected chi connectivity index (χ2v) is 1.57. The predicted octanol–water partition coefficient (Wildman–Crippen LogP) is -7.88. The number of hydrogen-bond acceptors (Lipinski definition) is 4. The molecule has 7 heteroatoms. The Kier molecular flexibility index (Phi) is 13.8. The van der Waals surface area contributed by atoms with E-state index in [1.807, 2.05) is 0 Å². The molecule has 32 valence electrons. The van der Waals surface area contributed by atoms with Crippen LogP contribution < -0.4 is 33.2 Å². The molecule has 0 aliphatic carbocycles. The van der Waals surface area contributed by atoms with Gasteiger partial charge < -0.3 is 19.2 Å². The summed E-state index contributed by atoms with van der Waals surface area (Å²) in [5.74, 6) is 0. The second kappa shape index (κ2) is 6.04. The van der Waals surface area contributed by atoms with Crippen LogP contribution in [0.15, 0.2) is 0 Å². The quantitative estimate of drug-likeness (QED) is 0.338. The Morgan fingerprint density at radius 3 is 1.14 bits per heavy atom. The van der Waals surface area contributed by atoms with Gasteiger partial charge in [0.2, 0.25) is 0 Å². The predicted molar refractivity (Wildman–Crippen MR) is 13.7 cm³/mol. The molecule has 0 bridgehead atoms. The van der Waals surface area contributed by atoms with Crippen LogP contribution in [0.25, 0.3) is 0 Å². The number of rotatable bonds is 0. The van der Waals surface area contributed by atoms with Crippen LogP contribution in [0.4, 0.5) is 0 Å². The summed E-state index contributed by atoms with van der Waals surface area (Å²) in [5.41, 5.74) is 0. The summed E-state index contributed by atoms with van der Waals surface area (Å²) in [4.78, 5) is 33.1. The monoisotopic (exact) mass is 140 g/mol. The molecule has 0 aliphatic heterocycles. The largest absolute Gasteiger partial charge is 2.00 e. The molecule has 0 rings (SSSR count). The van der Waals surface area contributed by atoms with Gasteiger partial charge in [-0.15, -0.1) is 9.05 Å². The summed E-state index contributed by atoms with van der Waals surface area (Å²) >= 11 is 0. The molecule has 4 nitrogen and oxygen atoms in total. The summed E-state index contributed by atoms with van der Waals surface area (Å²) in [5, 5.41) is 0. The second-order valence-electron chi connectivity index (χ2n) is 0.524. The molecule has 7 heavy (non-hydrogen) atoms. The molecular weight excluding hydrogens is 139 g/mol. The molecule has 0 amide bonds.